The number of hydrogen-bond donors (Lipinski definition) is 1. The molecule has 2 aromatic rings. The van der Waals surface area contributed by atoms with Crippen molar-refractivity contribution in [2.24, 2.45) is 0 Å². The molecule has 0 amide bonds. The normalized spacial score (nSPS) is 12.6. The fourth-order valence-electron chi connectivity index (χ4n) is 1.98. The Hall–Kier alpha value is -1.88. The highest BCUT2D eigenvalue weighted by Crippen LogP contribution is 2.13. The summed E-state index contributed by atoms with van der Waals surface area (Å²) < 4.78 is 6.63. The van der Waals surface area contributed by atoms with E-state index in [2.05, 4.69) is 10.4 Å². The molecule has 0 aliphatic heterocycles. The Kier molecular flexibility index (Phi) is 3.94. The number of benzene rings is 1. The molecule has 0 saturated heterocycles. The van der Waals surface area contributed by atoms with Gasteiger partial charge in [0.05, 0.1) is 18.8 Å². The van der Waals surface area contributed by atoms with Crippen LogP contribution in [0.25, 0.3) is 10.9 Å². The number of aromatic nitrogens is 2. The highest BCUT2D eigenvalue weighted by molar-refractivity contribution is 5.78. The van der Waals surface area contributed by atoms with Crippen molar-refractivity contribution in [3.05, 3.63) is 30.5 Å². The lowest BCUT2D eigenvalue weighted by Gasteiger charge is -2.13. The zero-order valence-electron chi connectivity index (χ0n) is 10.6. The van der Waals surface area contributed by atoms with E-state index in [9.17, 15) is 4.79 Å². The van der Waals surface area contributed by atoms with Gasteiger partial charge in [-0.15, -0.1) is 0 Å². The fourth-order valence-corrected chi connectivity index (χ4v) is 1.98. The Morgan fingerprint density at radius 2 is 2.28 bits per heavy atom. The van der Waals surface area contributed by atoms with Gasteiger partial charge >= 0.3 is 5.97 Å². The Morgan fingerprint density at radius 3 is 3.00 bits per heavy atom. The lowest BCUT2D eigenvalue weighted by Crippen LogP contribution is -2.35. The summed E-state index contributed by atoms with van der Waals surface area (Å²) in [5.41, 5.74) is 1.08. The van der Waals surface area contributed by atoms with Gasteiger partial charge in [-0.3, -0.25) is 9.48 Å². The second-order valence-corrected chi connectivity index (χ2v) is 4.08. The van der Waals surface area contributed by atoms with Gasteiger partial charge in [0.15, 0.2) is 0 Å². The van der Waals surface area contributed by atoms with Crippen LogP contribution in [0.3, 0.4) is 0 Å². The van der Waals surface area contributed by atoms with Crippen molar-refractivity contribution in [3.63, 3.8) is 0 Å². The number of para-hydroxylation sites is 1. The number of nitrogens with one attached hydrogen (secondary N) is 1. The number of hydrogen-bond acceptors (Lipinski definition) is 4. The number of fused-ring (bicyclic) bond motifs is 1. The quantitative estimate of drug-likeness (QED) is 0.806. The van der Waals surface area contributed by atoms with Crippen molar-refractivity contribution in [2.75, 3.05) is 14.2 Å². The average molecular weight is 247 g/mol. The van der Waals surface area contributed by atoms with Crippen molar-refractivity contribution < 1.29 is 9.53 Å². The van der Waals surface area contributed by atoms with Gasteiger partial charge in [0.25, 0.3) is 0 Å². The number of carbonyl (C=O) groups excluding carboxylic acids is 1. The number of likely N-dealkylation sites (N-methyl/N-ethyl adjacent to an activating group) is 1. The number of rotatable bonds is 5. The summed E-state index contributed by atoms with van der Waals surface area (Å²) in [6.07, 6.45) is 2.48. The van der Waals surface area contributed by atoms with E-state index in [0.29, 0.717) is 13.0 Å². The minimum absolute atomic E-state index is 0.242. The SMILES string of the molecule is CNC(CCn1ncc2ccccc21)C(=O)OC. The number of nitrogens with zero attached hydrogens (tertiary/aromatic N) is 2. The van der Waals surface area contributed by atoms with Crippen LogP contribution < -0.4 is 5.32 Å². The molecule has 1 aromatic carbocycles. The van der Waals surface area contributed by atoms with Crippen LogP contribution in [-0.4, -0.2) is 35.9 Å². The molecule has 0 radical (unpaired) electrons. The summed E-state index contributed by atoms with van der Waals surface area (Å²) >= 11 is 0. The Labute approximate surface area is 106 Å². The van der Waals surface area contributed by atoms with Gasteiger partial charge in [0.2, 0.25) is 0 Å². The molecule has 5 nitrogen and oxygen atoms in total. The Balaban J connectivity index is 2.07. The third kappa shape index (κ3) is 2.51. The van der Waals surface area contributed by atoms with E-state index in [1.165, 1.54) is 7.11 Å². The first-order chi connectivity index (χ1) is 8.76. The molecule has 0 bridgehead atoms. The maximum Gasteiger partial charge on any atom is 0.322 e. The summed E-state index contributed by atoms with van der Waals surface area (Å²) in [6, 6.07) is 7.72. The molecule has 0 saturated carbocycles. The van der Waals surface area contributed by atoms with Crippen LogP contribution in [0, 0.1) is 0 Å². The van der Waals surface area contributed by atoms with Crippen LogP contribution in [0.4, 0.5) is 0 Å². The van der Waals surface area contributed by atoms with E-state index in [0.717, 1.165) is 10.9 Å². The van der Waals surface area contributed by atoms with Crippen molar-refractivity contribution in [3.8, 4) is 0 Å². The molecular formula is C13H17N3O2. The molecule has 1 aromatic heterocycles. The zero-order chi connectivity index (χ0) is 13.0. The second kappa shape index (κ2) is 5.64. The highest BCUT2D eigenvalue weighted by atomic mass is 16.5. The van der Waals surface area contributed by atoms with E-state index in [-0.39, 0.29) is 12.0 Å². The standard InChI is InChI=1S/C13H17N3O2/c1-14-11(13(17)18-2)7-8-16-12-6-4-3-5-10(12)9-15-16/h3-6,9,11,14H,7-8H2,1-2H3. The minimum Gasteiger partial charge on any atom is -0.468 e. The van der Waals surface area contributed by atoms with Gasteiger partial charge in [-0.2, -0.15) is 5.10 Å². The molecule has 0 spiro atoms. The van der Waals surface area contributed by atoms with E-state index in [1.807, 2.05) is 35.1 Å². The first kappa shape index (κ1) is 12.6. The van der Waals surface area contributed by atoms with Crippen molar-refractivity contribution in [2.45, 2.75) is 19.0 Å². The first-order valence-corrected chi connectivity index (χ1v) is 5.92. The molecule has 18 heavy (non-hydrogen) atoms. The van der Waals surface area contributed by atoms with Crippen LogP contribution in [0.5, 0.6) is 0 Å². The summed E-state index contributed by atoms with van der Waals surface area (Å²) in [5.74, 6) is -0.242. The molecule has 0 fully saturated rings. The van der Waals surface area contributed by atoms with Gasteiger partial charge in [0.1, 0.15) is 6.04 Å². The molecule has 1 atom stereocenters. The molecule has 96 valence electrons. The number of esters is 1. The molecule has 2 rings (SSSR count). The average Bonchev–Trinajstić information content (AvgIpc) is 2.82. The summed E-state index contributed by atoms with van der Waals surface area (Å²) in [7, 11) is 3.15. The fraction of sp³-hybridized carbons (Fsp3) is 0.385. The third-order valence-corrected chi connectivity index (χ3v) is 3.01. The van der Waals surface area contributed by atoms with Gasteiger partial charge in [-0.1, -0.05) is 18.2 Å². The van der Waals surface area contributed by atoms with Gasteiger partial charge in [0, 0.05) is 11.9 Å². The van der Waals surface area contributed by atoms with Crippen molar-refractivity contribution in [1.82, 2.24) is 15.1 Å². The first-order valence-electron chi connectivity index (χ1n) is 5.92. The Morgan fingerprint density at radius 1 is 1.50 bits per heavy atom. The van der Waals surface area contributed by atoms with Crippen molar-refractivity contribution in [1.29, 1.82) is 0 Å². The Bertz CT molecular complexity index is 536. The molecular weight excluding hydrogens is 230 g/mol. The smallest absolute Gasteiger partial charge is 0.322 e. The third-order valence-electron chi connectivity index (χ3n) is 3.01. The van der Waals surface area contributed by atoms with Crippen molar-refractivity contribution >= 4 is 16.9 Å². The zero-order valence-corrected chi connectivity index (χ0v) is 10.6. The number of methoxy groups -OCH3 is 1. The summed E-state index contributed by atoms with van der Waals surface area (Å²) in [6.45, 7) is 0.675. The number of aryl methyl sites for hydroxylation is 1. The highest BCUT2D eigenvalue weighted by Gasteiger charge is 2.16. The van der Waals surface area contributed by atoms with E-state index < -0.39 is 0 Å². The predicted molar refractivity (Wildman–Crippen MR) is 69.2 cm³/mol. The largest absolute Gasteiger partial charge is 0.468 e. The van der Waals surface area contributed by atoms with Gasteiger partial charge < -0.3 is 10.1 Å². The molecule has 1 unspecified atom stereocenters. The number of carbonyl (C=O) groups is 1. The predicted octanol–water partition coefficient (Wildman–Crippen LogP) is 1.19. The van der Waals surface area contributed by atoms with Gasteiger partial charge in [-0.25, -0.2) is 0 Å². The lowest BCUT2D eigenvalue weighted by molar-refractivity contribution is -0.143. The molecule has 1 N–H and O–H groups in total. The number of ether oxygens (including phenoxy) is 1. The monoisotopic (exact) mass is 247 g/mol. The summed E-state index contributed by atoms with van der Waals surface area (Å²) in [4.78, 5) is 11.5. The van der Waals surface area contributed by atoms with Gasteiger partial charge in [-0.05, 0) is 19.5 Å². The topological polar surface area (TPSA) is 56.2 Å². The van der Waals surface area contributed by atoms with E-state index >= 15 is 0 Å². The molecule has 0 aliphatic carbocycles. The molecule has 0 aliphatic rings. The van der Waals surface area contributed by atoms with E-state index in [4.69, 9.17) is 4.74 Å². The van der Waals surface area contributed by atoms with Crippen LogP contribution in [0.15, 0.2) is 30.5 Å². The van der Waals surface area contributed by atoms with Crippen LogP contribution in [-0.2, 0) is 16.1 Å². The van der Waals surface area contributed by atoms with Crippen LogP contribution in [0.2, 0.25) is 0 Å². The van der Waals surface area contributed by atoms with Crippen LogP contribution in [0.1, 0.15) is 6.42 Å². The molecule has 5 heteroatoms. The minimum atomic E-state index is -0.294. The van der Waals surface area contributed by atoms with Crippen LogP contribution >= 0.6 is 0 Å². The second-order valence-electron chi connectivity index (χ2n) is 4.08. The van der Waals surface area contributed by atoms with E-state index in [1.54, 1.807) is 7.05 Å². The maximum atomic E-state index is 11.5. The summed E-state index contributed by atoms with van der Waals surface area (Å²) in [5, 5.41) is 8.38. The molecule has 1 heterocycles. The lowest BCUT2D eigenvalue weighted by atomic mass is 10.2. The maximum absolute atomic E-state index is 11.5.